The molecule has 0 fully saturated rings. The van der Waals surface area contributed by atoms with Crippen LogP contribution >= 0.6 is 0 Å². The van der Waals surface area contributed by atoms with Gasteiger partial charge in [-0.3, -0.25) is 4.79 Å². The number of ether oxygens (including phenoxy) is 1. The molecular weight excluding hydrogens is 232 g/mol. The largest absolute Gasteiger partial charge is 0.450 e. The zero-order chi connectivity index (χ0) is 13.0. The highest BCUT2D eigenvalue weighted by molar-refractivity contribution is 5.97. The lowest BCUT2D eigenvalue weighted by Gasteiger charge is -2.25. The van der Waals surface area contributed by atoms with Crippen molar-refractivity contribution in [2.75, 3.05) is 19.7 Å². The molecule has 2 rings (SSSR count). The van der Waals surface area contributed by atoms with Crippen LogP contribution in [-0.2, 0) is 4.74 Å². The molecule has 0 spiro atoms. The lowest BCUT2D eigenvalue weighted by molar-refractivity contribution is 0.0940. The van der Waals surface area contributed by atoms with Crippen molar-refractivity contribution in [2.24, 2.45) is 0 Å². The zero-order valence-electron chi connectivity index (χ0n) is 10.2. The molecule has 0 saturated carbocycles. The summed E-state index contributed by atoms with van der Waals surface area (Å²) < 4.78 is 4.80. The van der Waals surface area contributed by atoms with Crippen LogP contribution in [0, 0.1) is 0 Å². The summed E-state index contributed by atoms with van der Waals surface area (Å²) in [5.74, 6) is 0.0290. The van der Waals surface area contributed by atoms with Crippen LogP contribution in [0.15, 0.2) is 24.3 Å². The van der Waals surface area contributed by atoms with Gasteiger partial charge in [0.1, 0.15) is 0 Å². The van der Waals surface area contributed by atoms with Crippen LogP contribution in [0.3, 0.4) is 0 Å². The molecule has 2 N–H and O–H groups in total. The van der Waals surface area contributed by atoms with E-state index in [1.165, 1.54) is 0 Å². The predicted octanol–water partition coefficient (Wildman–Crippen LogP) is 1.26. The summed E-state index contributed by atoms with van der Waals surface area (Å²) in [6.45, 7) is 3.10. The minimum Gasteiger partial charge on any atom is -0.450 e. The number of rotatable bonds is 3. The van der Waals surface area contributed by atoms with Gasteiger partial charge < -0.3 is 15.4 Å². The number of carbonyl (C=O) groups excluding carboxylic acids is 2. The molecule has 0 bridgehead atoms. The Labute approximate surface area is 106 Å². The van der Waals surface area contributed by atoms with Gasteiger partial charge in [0.15, 0.2) is 0 Å². The van der Waals surface area contributed by atoms with E-state index in [-0.39, 0.29) is 11.8 Å². The van der Waals surface area contributed by atoms with Gasteiger partial charge in [0, 0.05) is 24.6 Å². The Hall–Kier alpha value is -2.04. The maximum Gasteiger partial charge on any atom is 0.407 e. The third-order valence-corrected chi connectivity index (χ3v) is 2.92. The number of amides is 2. The van der Waals surface area contributed by atoms with Crippen molar-refractivity contribution >= 4 is 12.0 Å². The standard InChI is InChI=1S/C13H16N2O3/c1-2-18-13(17)15-8-9-7-14-12(16)11-6-4-3-5-10(9)11/h3-6,9H,2,7-8H2,1H3,(H,14,16)(H,15,17). The van der Waals surface area contributed by atoms with Crippen molar-refractivity contribution in [3.05, 3.63) is 35.4 Å². The Morgan fingerprint density at radius 3 is 3.06 bits per heavy atom. The van der Waals surface area contributed by atoms with Crippen LogP contribution in [0.2, 0.25) is 0 Å². The first-order valence-electron chi connectivity index (χ1n) is 6.00. The third-order valence-electron chi connectivity index (χ3n) is 2.92. The second-order valence-electron chi connectivity index (χ2n) is 4.10. The minimum atomic E-state index is -0.424. The lowest BCUT2D eigenvalue weighted by atomic mass is 9.90. The molecule has 0 saturated heterocycles. The van der Waals surface area contributed by atoms with Gasteiger partial charge in [-0.1, -0.05) is 18.2 Å². The van der Waals surface area contributed by atoms with E-state index in [2.05, 4.69) is 10.6 Å². The van der Waals surface area contributed by atoms with Gasteiger partial charge in [0.05, 0.1) is 6.61 Å². The van der Waals surface area contributed by atoms with E-state index in [1.807, 2.05) is 18.2 Å². The van der Waals surface area contributed by atoms with Gasteiger partial charge in [0.25, 0.3) is 5.91 Å². The molecule has 96 valence electrons. The molecule has 1 heterocycles. The van der Waals surface area contributed by atoms with Crippen molar-refractivity contribution in [1.82, 2.24) is 10.6 Å². The molecule has 1 aliphatic heterocycles. The fourth-order valence-electron chi connectivity index (χ4n) is 2.05. The van der Waals surface area contributed by atoms with Crippen LogP contribution < -0.4 is 10.6 Å². The molecule has 1 aliphatic rings. The summed E-state index contributed by atoms with van der Waals surface area (Å²) in [5.41, 5.74) is 1.65. The molecular formula is C13H16N2O3. The molecule has 2 amide bonds. The lowest BCUT2D eigenvalue weighted by Crippen LogP contribution is -2.40. The number of hydrogen-bond donors (Lipinski definition) is 2. The van der Waals surface area contributed by atoms with Crippen LogP contribution in [0.4, 0.5) is 4.79 Å². The van der Waals surface area contributed by atoms with Gasteiger partial charge in [0.2, 0.25) is 0 Å². The first-order valence-corrected chi connectivity index (χ1v) is 6.00. The van der Waals surface area contributed by atoms with Crippen LogP contribution in [0.1, 0.15) is 28.8 Å². The van der Waals surface area contributed by atoms with Gasteiger partial charge in [-0.2, -0.15) is 0 Å². The molecule has 18 heavy (non-hydrogen) atoms. The normalized spacial score (nSPS) is 17.6. The van der Waals surface area contributed by atoms with Crippen LogP contribution in [0.5, 0.6) is 0 Å². The Morgan fingerprint density at radius 2 is 2.28 bits per heavy atom. The molecule has 0 aliphatic carbocycles. The molecule has 0 aromatic heterocycles. The first-order chi connectivity index (χ1) is 8.72. The maximum atomic E-state index is 11.6. The molecule has 1 atom stereocenters. The number of fused-ring (bicyclic) bond motifs is 1. The predicted molar refractivity (Wildman–Crippen MR) is 66.5 cm³/mol. The van der Waals surface area contributed by atoms with Gasteiger partial charge >= 0.3 is 6.09 Å². The zero-order valence-corrected chi connectivity index (χ0v) is 10.2. The Morgan fingerprint density at radius 1 is 1.50 bits per heavy atom. The van der Waals surface area contributed by atoms with Gasteiger partial charge in [-0.15, -0.1) is 0 Å². The molecule has 1 aromatic carbocycles. The Kier molecular flexibility index (Phi) is 3.82. The van der Waals surface area contributed by atoms with E-state index in [4.69, 9.17) is 4.74 Å². The summed E-state index contributed by atoms with van der Waals surface area (Å²) in [6, 6.07) is 7.45. The number of hydrogen-bond acceptors (Lipinski definition) is 3. The van der Waals surface area contributed by atoms with Crippen LogP contribution in [0.25, 0.3) is 0 Å². The number of nitrogens with one attached hydrogen (secondary N) is 2. The van der Waals surface area contributed by atoms with E-state index >= 15 is 0 Å². The summed E-state index contributed by atoms with van der Waals surface area (Å²) in [5, 5.41) is 5.51. The highest BCUT2D eigenvalue weighted by Gasteiger charge is 2.24. The topological polar surface area (TPSA) is 67.4 Å². The Balaban J connectivity index is 2.05. The fraction of sp³-hybridized carbons (Fsp3) is 0.385. The first kappa shape index (κ1) is 12.4. The third kappa shape index (κ3) is 2.61. The molecule has 0 radical (unpaired) electrons. The van der Waals surface area contributed by atoms with Crippen molar-refractivity contribution in [1.29, 1.82) is 0 Å². The van der Waals surface area contributed by atoms with Crippen molar-refractivity contribution in [3.8, 4) is 0 Å². The summed E-state index contributed by atoms with van der Waals surface area (Å²) in [6.07, 6.45) is -0.424. The van der Waals surface area contributed by atoms with Gasteiger partial charge in [-0.05, 0) is 18.6 Å². The SMILES string of the molecule is CCOC(=O)NCC1CNC(=O)c2ccccc21. The van der Waals surface area contributed by atoms with Crippen molar-refractivity contribution in [3.63, 3.8) is 0 Å². The van der Waals surface area contributed by atoms with Crippen molar-refractivity contribution in [2.45, 2.75) is 12.8 Å². The minimum absolute atomic E-state index is 0.0574. The average Bonchev–Trinajstić information content (AvgIpc) is 2.39. The van der Waals surface area contributed by atoms with Crippen molar-refractivity contribution < 1.29 is 14.3 Å². The molecule has 5 heteroatoms. The monoisotopic (exact) mass is 248 g/mol. The number of carbonyl (C=O) groups is 2. The quantitative estimate of drug-likeness (QED) is 0.846. The number of alkyl carbamates (subject to hydrolysis) is 1. The highest BCUT2D eigenvalue weighted by Crippen LogP contribution is 2.22. The van der Waals surface area contributed by atoms with Crippen LogP contribution in [-0.4, -0.2) is 31.7 Å². The van der Waals surface area contributed by atoms with Gasteiger partial charge in [-0.25, -0.2) is 4.79 Å². The van der Waals surface area contributed by atoms with E-state index in [0.717, 1.165) is 5.56 Å². The maximum absolute atomic E-state index is 11.6. The molecule has 1 unspecified atom stereocenters. The fourth-order valence-corrected chi connectivity index (χ4v) is 2.05. The summed E-state index contributed by atoms with van der Waals surface area (Å²) in [4.78, 5) is 22.9. The highest BCUT2D eigenvalue weighted by atomic mass is 16.5. The van der Waals surface area contributed by atoms with E-state index in [9.17, 15) is 9.59 Å². The molecule has 5 nitrogen and oxygen atoms in total. The van der Waals surface area contributed by atoms with E-state index < -0.39 is 6.09 Å². The average molecular weight is 248 g/mol. The second kappa shape index (κ2) is 5.53. The molecule has 1 aromatic rings. The van der Waals surface area contributed by atoms with E-state index in [1.54, 1.807) is 13.0 Å². The second-order valence-corrected chi connectivity index (χ2v) is 4.10. The Bertz CT molecular complexity index is 459. The van der Waals surface area contributed by atoms with E-state index in [0.29, 0.717) is 25.3 Å². The summed E-state index contributed by atoms with van der Waals surface area (Å²) >= 11 is 0. The summed E-state index contributed by atoms with van der Waals surface area (Å²) in [7, 11) is 0. The smallest absolute Gasteiger partial charge is 0.407 e. The number of benzene rings is 1.